The number of thiazole rings is 1. The summed E-state index contributed by atoms with van der Waals surface area (Å²) in [6, 6.07) is 16.2. The van der Waals surface area contributed by atoms with Gasteiger partial charge in [0.25, 0.3) is 0 Å². The summed E-state index contributed by atoms with van der Waals surface area (Å²) in [7, 11) is 0. The summed E-state index contributed by atoms with van der Waals surface area (Å²) in [5.74, 6) is -3.24. The van der Waals surface area contributed by atoms with Crippen molar-refractivity contribution in [2.75, 3.05) is 11.4 Å². The number of carboxylic acids is 1. The van der Waals surface area contributed by atoms with Gasteiger partial charge in [-0.15, -0.1) is 11.3 Å². The van der Waals surface area contributed by atoms with Gasteiger partial charge < -0.3 is 10.8 Å². The van der Waals surface area contributed by atoms with Gasteiger partial charge in [-0.05, 0) is 18.1 Å². The molecular weight excluding hydrogens is 438 g/mol. The van der Waals surface area contributed by atoms with Crippen LogP contribution in [-0.2, 0) is 20.8 Å². The van der Waals surface area contributed by atoms with Crippen LogP contribution >= 0.6 is 22.9 Å². The molecule has 160 valence electrons. The van der Waals surface area contributed by atoms with Crippen molar-refractivity contribution < 1.29 is 19.5 Å². The number of carboxylic acid groups (broad SMARTS) is 1. The Hall–Kier alpha value is -3.23. The minimum Gasteiger partial charge on any atom is -0.481 e. The highest BCUT2D eigenvalue weighted by Crippen LogP contribution is 2.32. The van der Waals surface area contributed by atoms with Gasteiger partial charge in [0.2, 0.25) is 11.8 Å². The first-order chi connectivity index (χ1) is 14.8. The van der Waals surface area contributed by atoms with Gasteiger partial charge in [-0.25, -0.2) is 4.98 Å². The number of aromatic nitrogens is 1. The van der Waals surface area contributed by atoms with Crippen LogP contribution in [0, 0.1) is 5.92 Å². The number of aliphatic carboxylic acids is 1. The number of hydrogen-bond donors (Lipinski definition) is 2. The molecule has 0 saturated heterocycles. The number of hydrogen-bond acceptors (Lipinski definition) is 5. The molecule has 1 aromatic heterocycles. The molecular formula is C22H20ClN3O4S. The quantitative estimate of drug-likeness (QED) is 0.509. The van der Waals surface area contributed by atoms with Gasteiger partial charge in [0, 0.05) is 16.0 Å². The standard InChI is InChI=1S/C22H20ClN3O4S/c23-17-9-5-4-8-16(17)18-13-31-22(25-18)26(12-19(24)27)21(30)15(11-20(28)29)10-14-6-2-1-3-7-14/h1-9,13,15H,10-12H2,(H2,24,27)(H,28,29). The molecule has 0 aliphatic heterocycles. The maximum absolute atomic E-state index is 13.3. The third-order valence-electron chi connectivity index (χ3n) is 4.55. The molecule has 0 radical (unpaired) electrons. The van der Waals surface area contributed by atoms with Crippen LogP contribution in [0.25, 0.3) is 11.3 Å². The highest BCUT2D eigenvalue weighted by Gasteiger charge is 2.30. The van der Waals surface area contributed by atoms with E-state index in [0.29, 0.717) is 16.3 Å². The van der Waals surface area contributed by atoms with E-state index >= 15 is 0 Å². The van der Waals surface area contributed by atoms with Crippen LogP contribution in [0.3, 0.4) is 0 Å². The van der Waals surface area contributed by atoms with E-state index in [4.69, 9.17) is 17.3 Å². The fourth-order valence-electron chi connectivity index (χ4n) is 3.15. The lowest BCUT2D eigenvalue weighted by molar-refractivity contribution is -0.140. The SMILES string of the molecule is NC(=O)CN(C(=O)C(CC(=O)O)Cc1ccccc1)c1nc(-c2ccccc2Cl)cs1. The number of carbonyl (C=O) groups excluding carboxylic acids is 2. The molecule has 0 saturated carbocycles. The van der Waals surface area contributed by atoms with Crippen LogP contribution in [0.15, 0.2) is 60.0 Å². The summed E-state index contributed by atoms with van der Waals surface area (Å²) in [5, 5.41) is 11.8. The number of carbonyl (C=O) groups is 3. The van der Waals surface area contributed by atoms with Crippen molar-refractivity contribution >= 4 is 45.9 Å². The van der Waals surface area contributed by atoms with Crippen molar-refractivity contribution in [3.8, 4) is 11.3 Å². The van der Waals surface area contributed by atoms with Gasteiger partial charge in [-0.2, -0.15) is 0 Å². The molecule has 2 aromatic carbocycles. The third kappa shape index (κ3) is 5.90. The van der Waals surface area contributed by atoms with E-state index in [0.717, 1.165) is 21.8 Å². The van der Waals surface area contributed by atoms with E-state index in [2.05, 4.69) is 4.98 Å². The van der Waals surface area contributed by atoms with Crippen molar-refractivity contribution in [1.82, 2.24) is 4.98 Å². The zero-order valence-corrected chi connectivity index (χ0v) is 18.0. The normalized spacial score (nSPS) is 11.6. The predicted molar refractivity (Wildman–Crippen MR) is 120 cm³/mol. The number of anilines is 1. The van der Waals surface area contributed by atoms with Crippen LogP contribution in [0.5, 0.6) is 0 Å². The summed E-state index contributed by atoms with van der Waals surface area (Å²) in [6.45, 7) is -0.404. The van der Waals surface area contributed by atoms with E-state index < -0.39 is 30.2 Å². The van der Waals surface area contributed by atoms with Gasteiger partial charge >= 0.3 is 5.97 Å². The summed E-state index contributed by atoms with van der Waals surface area (Å²) in [5.41, 5.74) is 7.42. The van der Waals surface area contributed by atoms with E-state index in [1.165, 1.54) is 0 Å². The lowest BCUT2D eigenvalue weighted by Crippen LogP contribution is -2.43. The molecule has 0 aliphatic rings. The lowest BCUT2D eigenvalue weighted by atomic mass is 9.95. The Balaban J connectivity index is 1.93. The zero-order chi connectivity index (χ0) is 22.4. The second-order valence-corrected chi connectivity index (χ2v) is 8.11. The molecule has 2 amide bonds. The van der Waals surface area contributed by atoms with E-state index in [9.17, 15) is 19.5 Å². The topological polar surface area (TPSA) is 114 Å². The molecule has 1 unspecified atom stereocenters. The molecule has 0 bridgehead atoms. The van der Waals surface area contributed by atoms with Gasteiger partial charge in [-0.1, -0.05) is 60.1 Å². The van der Waals surface area contributed by atoms with Crippen LogP contribution in [0.4, 0.5) is 5.13 Å². The Bertz CT molecular complexity index is 1090. The predicted octanol–water partition coefficient (Wildman–Crippen LogP) is 3.62. The molecule has 3 N–H and O–H groups in total. The van der Waals surface area contributed by atoms with Crippen molar-refractivity contribution in [1.29, 1.82) is 0 Å². The van der Waals surface area contributed by atoms with Crippen LogP contribution in [-0.4, -0.2) is 34.4 Å². The molecule has 1 atom stereocenters. The van der Waals surface area contributed by atoms with Crippen LogP contribution < -0.4 is 10.6 Å². The molecule has 31 heavy (non-hydrogen) atoms. The number of rotatable bonds is 9. The zero-order valence-electron chi connectivity index (χ0n) is 16.4. The molecule has 0 fully saturated rings. The average molecular weight is 458 g/mol. The van der Waals surface area contributed by atoms with Crippen molar-refractivity contribution in [2.24, 2.45) is 11.7 Å². The van der Waals surface area contributed by atoms with Gasteiger partial charge in [-0.3, -0.25) is 19.3 Å². The van der Waals surface area contributed by atoms with Gasteiger partial charge in [0.1, 0.15) is 6.54 Å². The Labute approximate surface area is 188 Å². The molecule has 9 heteroatoms. The fraction of sp³-hybridized carbons (Fsp3) is 0.182. The maximum atomic E-state index is 13.3. The van der Waals surface area contributed by atoms with E-state index in [-0.39, 0.29) is 18.0 Å². The molecule has 0 spiro atoms. The Morgan fingerprint density at radius 2 is 1.77 bits per heavy atom. The van der Waals surface area contributed by atoms with Crippen LogP contribution in [0.1, 0.15) is 12.0 Å². The summed E-state index contributed by atoms with van der Waals surface area (Å²) in [4.78, 5) is 42.1. The van der Waals surface area contributed by atoms with Crippen molar-refractivity contribution in [2.45, 2.75) is 12.8 Å². The summed E-state index contributed by atoms with van der Waals surface area (Å²) in [6.07, 6.45) is -0.171. The number of nitrogens with zero attached hydrogens (tertiary/aromatic N) is 2. The minimum absolute atomic E-state index is 0.212. The largest absolute Gasteiger partial charge is 0.481 e. The van der Waals surface area contributed by atoms with E-state index in [1.807, 2.05) is 36.4 Å². The first kappa shape index (κ1) is 22.5. The van der Waals surface area contributed by atoms with Crippen molar-refractivity contribution in [3.05, 3.63) is 70.6 Å². The molecule has 7 nitrogen and oxygen atoms in total. The van der Waals surface area contributed by atoms with Gasteiger partial charge in [0.05, 0.1) is 18.0 Å². The number of amides is 2. The van der Waals surface area contributed by atoms with E-state index in [1.54, 1.807) is 23.6 Å². The smallest absolute Gasteiger partial charge is 0.304 e. The number of nitrogens with two attached hydrogens (primary N) is 1. The Morgan fingerprint density at radius 3 is 2.42 bits per heavy atom. The van der Waals surface area contributed by atoms with Crippen LogP contribution in [0.2, 0.25) is 5.02 Å². The first-order valence-corrected chi connectivity index (χ1v) is 10.7. The lowest BCUT2D eigenvalue weighted by Gasteiger charge is -2.23. The molecule has 1 heterocycles. The Morgan fingerprint density at radius 1 is 1.10 bits per heavy atom. The van der Waals surface area contributed by atoms with Gasteiger partial charge in [0.15, 0.2) is 5.13 Å². The highest BCUT2D eigenvalue weighted by atomic mass is 35.5. The number of benzene rings is 2. The molecule has 3 rings (SSSR count). The highest BCUT2D eigenvalue weighted by molar-refractivity contribution is 7.14. The molecule has 3 aromatic rings. The summed E-state index contributed by atoms with van der Waals surface area (Å²) < 4.78 is 0. The number of primary amides is 1. The molecule has 0 aliphatic carbocycles. The number of halogens is 1. The fourth-order valence-corrected chi connectivity index (χ4v) is 4.22. The third-order valence-corrected chi connectivity index (χ3v) is 5.74. The first-order valence-electron chi connectivity index (χ1n) is 9.41. The minimum atomic E-state index is -1.11. The average Bonchev–Trinajstić information content (AvgIpc) is 3.21. The Kier molecular flexibility index (Phi) is 7.38. The summed E-state index contributed by atoms with van der Waals surface area (Å²) >= 11 is 7.39. The monoisotopic (exact) mass is 457 g/mol. The maximum Gasteiger partial charge on any atom is 0.304 e. The second-order valence-electron chi connectivity index (χ2n) is 6.87. The van der Waals surface area contributed by atoms with Crippen molar-refractivity contribution in [3.63, 3.8) is 0 Å². The second kappa shape index (κ2) is 10.2.